The van der Waals surface area contributed by atoms with Crippen molar-refractivity contribution in [2.75, 3.05) is 6.61 Å². The van der Waals surface area contributed by atoms with Crippen LogP contribution in [0, 0.1) is 17.0 Å². The van der Waals surface area contributed by atoms with E-state index in [0.29, 0.717) is 0 Å². The lowest BCUT2D eigenvalue weighted by molar-refractivity contribution is -0.385. The monoisotopic (exact) mass is 278 g/mol. The van der Waals surface area contributed by atoms with Crippen LogP contribution in [-0.2, 0) is 4.84 Å². The summed E-state index contributed by atoms with van der Waals surface area (Å²) in [4.78, 5) is 25.3. The van der Waals surface area contributed by atoms with Crippen LogP contribution < -0.4 is 5.48 Å². The van der Waals surface area contributed by atoms with Crippen molar-refractivity contribution in [1.82, 2.24) is 5.48 Å². The molecule has 0 atom stereocenters. The molecular weight excluding hydrogens is 269 g/mol. The SMILES string of the molecule is Cc1cc(C(=O)NOCC(F)(F)F)ccc1[N+](=O)[O-]. The van der Waals surface area contributed by atoms with Crippen LogP contribution in [0.4, 0.5) is 18.9 Å². The number of nitrogens with zero attached hydrogens (tertiary/aromatic N) is 1. The van der Waals surface area contributed by atoms with E-state index < -0.39 is 23.6 Å². The molecule has 0 unspecified atom stereocenters. The highest BCUT2D eigenvalue weighted by Crippen LogP contribution is 2.19. The van der Waals surface area contributed by atoms with Gasteiger partial charge >= 0.3 is 6.18 Å². The first-order valence-corrected chi connectivity index (χ1v) is 4.94. The quantitative estimate of drug-likeness (QED) is 0.675. The number of nitrogens with one attached hydrogen (secondary N) is 1. The lowest BCUT2D eigenvalue weighted by atomic mass is 10.1. The Hall–Kier alpha value is -2.16. The number of alkyl halides is 3. The summed E-state index contributed by atoms with van der Waals surface area (Å²) in [7, 11) is 0. The molecule has 0 fully saturated rings. The maximum atomic E-state index is 11.8. The second kappa shape index (κ2) is 5.65. The van der Waals surface area contributed by atoms with Gasteiger partial charge in [-0.1, -0.05) is 0 Å². The molecule has 1 N–H and O–H groups in total. The summed E-state index contributed by atoms with van der Waals surface area (Å²) in [5.41, 5.74) is 1.59. The van der Waals surface area contributed by atoms with E-state index in [4.69, 9.17) is 0 Å². The summed E-state index contributed by atoms with van der Waals surface area (Å²) < 4.78 is 35.3. The molecule has 0 saturated carbocycles. The van der Waals surface area contributed by atoms with Crippen molar-refractivity contribution in [3.63, 3.8) is 0 Å². The Morgan fingerprint density at radius 2 is 2.11 bits per heavy atom. The molecule has 0 aliphatic heterocycles. The van der Waals surface area contributed by atoms with Gasteiger partial charge in [-0.05, 0) is 19.1 Å². The van der Waals surface area contributed by atoms with Gasteiger partial charge in [0, 0.05) is 17.2 Å². The fourth-order valence-electron chi connectivity index (χ4n) is 1.24. The first-order valence-electron chi connectivity index (χ1n) is 4.94. The van der Waals surface area contributed by atoms with Gasteiger partial charge in [0.15, 0.2) is 6.61 Å². The maximum Gasteiger partial charge on any atom is 0.414 e. The summed E-state index contributed by atoms with van der Waals surface area (Å²) in [5, 5.41) is 10.5. The van der Waals surface area contributed by atoms with Gasteiger partial charge in [0.2, 0.25) is 0 Å². The van der Waals surface area contributed by atoms with E-state index in [1.54, 1.807) is 5.48 Å². The number of amides is 1. The molecule has 1 aromatic rings. The predicted octanol–water partition coefficient (Wildman–Crippen LogP) is 2.13. The van der Waals surface area contributed by atoms with Gasteiger partial charge in [-0.15, -0.1) is 0 Å². The van der Waals surface area contributed by atoms with Gasteiger partial charge in [-0.2, -0.15) is 13.2 Å². The number of hydrogen-bond donors (Lipinski definition) is 1. The Balaban J connectivity index is 2.68. The third-order valence-electron chi connectivity index (χ3n) is 2.06. The van der Waals surface area contributed by atoms with E-state index in [2.05, 4.69) is 4.84 Å². The first kappa shape index (κ1) is 14.9. The minimum absolute atomic E-state index is 0.0368. The molecule has 0 radical (unpaired) electrons. The van der Waals surface area contributed by atoms with Crippen molar-refractivity contribution >= 4 is 11.6 Å². The van der Waals surface area contributed by atoms with Crippen LogP contribution in [0.5, 0.6) is 0 Å². The standard InChI is InChI=1S/C10H9F3N2O4/c1-6-4-7(2-3-8(6)15(17)18)9(16)14-19-5-10(11,12)13/h2-4H,5H2,1H3,(H,14,16). The van der Waals surface area contributed by atoms with Crippen LogP contribution in [0.2, 0.25) is 0 Å². The smallest absolute Gasteiger partial charge is 0.267 e. The Bertz CT molecular complexity index is 502. The number of carbonyl (C=O) groups excluding carboxylic acids is 1. The van der Waals surface area contributed by atoms with Gasteiger partial charge in [0.25, 0.3) is 11.6 Å². The second-order valence-electron chi connectivity index (χ2n) is 3.59. The molecule has 19 heavy (non-hydrogen) atoms. The van der Waals surface area contributed by atoms with Crippen LogP contribution in [-0.4, -0.2) is 23.6 Å². The number of rotatable bonds is 4. The van der Waals surface area contributed by atoms with Crippen LogP contribution >= 0.6 is 0 Å². The molecule has 0 aliphatic rings. The number of halogens is 3. The lowest BCUT2D eigenvalue weighted by Gasteiger charge is -2.08. The lowest BCUT2D eigenvalue weighted by Crippen LogP contribution is -2.29. The maximum absolute atomic E-state index is 11.8. The third-order valence-corrected chi connectivity index (χ3v) is 2.06. The molecule has 6 nitrogen and oxygen atoms in total. The van der Waals surface area contributed by atoms with Gasteiger partial charge in [-0.3, -0.25) is 19.7 Å². The summed E-state index contributed by atoms with van der Waals surface area (Å²) in [6, 6.07) is 3.40. The number of hydrogen-bond acceptors (Lipinski definition) is 4. The Kier molecular flexibility index (Phi) is 4.43. The van der Waals surface area contributed by atoms with Crippen molar-refractivity contribution in [3.8, 4) is 0 Å². The van der Waals surface area contributed by atoms with Crippen LogP contribution in [0.25, 0.3) is 0 Å². The summed E-state index contributed by atoms with van der Waals surface area (Å²) in [6.07, 6.45) is -4.56. The van der Waals surface area contributed by atoms with E-state index >= 15 is 0 Å². The number of hydroxylamine groups is 1. The fourth-order valence-corrected chi connectivity index (χ4v) is 1.24. The zero-order valence-corrected chi connectivity index (χ0v) is 9.65. The molecule has 1 aromatic carbocycles. The number of nitro benzene ring substituents is 1. The average molecular weight is 278 g/mol. The minimum Gasteiger partial charge on any atom is -0.267 e. The summed E-state index contributed by atoms with van der Waals surface area (Å²) >= 11 is 0. The highest BCUT2D eigenvalue weighted by atomic mass is 19.4. The summed E-state index contributed by atoms with van der Waals surface area (Å²) in [5.74, 6) is -0.915. The second-order valence-corrected chi connectivity index (χ2v) is 3.59. The van der Waals surface area contributed by atoms with Gasteiger partial charge in [-0.25, -0.2) is 5.48 Å². The molecule has 104 valence electrons. The van der Waals surface area contributed by atoms with Crippen molar-refractivity contribution in [2.24, 2.45) is 0 Å². The third kappa shape index (κ3) is 4.54. The van der Waals surface area contributed by atoms with E-state index in [9.17, 15) is 28.1 Å². The molecule has 0 heterocycles. The van der Waals surface area contributed by atoms with Crippen molar-refractivity contribution in [1.29, 1.82) is 0 Å². The molecule has 0 saturated heterocycles. The zero-order chi connectivity index (χ0) is 14.6. The normalized spacial score (nSPS) is 11.2. The molecule has 0 aliphatic carbocycles. The number of nitro groups is 1. The van der Waals surface area contributed by atoms with E-state index in [-0.39, 0.29) is 16.8 Å². The van der Waals surface area contributed by atoms with Crippen LogP contribution in [0.15, 0.2) is 18.2 Å². The van der Waals surface area contributed by atoms with E-state index in [1.807, 2.05) is 0 Å². The molecule has 0 spiro atoms. The molecule has 0 aromatic heterocycles. The predicted molar refractivity (Wildman–Crippen MR) is 57.3 cm³/mol. The average Bonchev–Trinajstić information content (AvgIpc) is 2.26. The molecule has 0 bridgehead atoms. The first-order chi connectivity index (χ1) is 8.70. The van der Waals surface area contributed by atoms with E-state index in [1.165, 1.54) is 13.0 Å². The molecular formula is C10H9F3N2O4. The zero-order valence-electron chi connectivity index (χ0n) is 9.65. The fraction of sp³-hybridized carbons (Fsp3) is 0.300. The Labute approximate surface area is 105 Å². The molecule has 9 heteroatoms. The minimum atomic E-state index is -4.56. The van der Waals surface area contributed by atoms with Gasteiger partial charge in [0.05, 0.1) is 4.92 Å². The highest BCUT2D eigenvalue weighted by molar-refractivity contribution is 5.93. The van der Waals surface area contributed by atoms with Crippen molar-refractivity contribution in [2.45, 2.75) is 13.1 Å². The highest BCUT2D eigenvalue weighted by Gasteiger charge is 2.28. The van der Waals surface area contributed by atoms with Crippen molar-refractivity contribution < 1.29 is 27.7 Å². The van der Waals surface area contributed by atoms with E-state index in [0.717, 1.165) is 12.1 Å². The van der Waals surface area contributed by atoms with Gasteiger partial charge in [0.1, 0.15) is 0 Å². The molecule has 1 rings (SSSR count). The van der Waals surface area contributed by atoms with Crippen LogP contribution in [0.1, 0.15) is 15.9 Å². The van der Waals surface area contributed by atoms with Crippen molar-refractivity contribution in [3.05, 3.63) is 39.4 Å². The molecule has 1 amide bonds. The Morgan fingerprint density at radius 1 is 1.47 bits per heavy atom. The van der Waals surface area contributed by atoms with Gasteiger partial charge < -0.3 is 0 Å². The largest absolute Gasteiger partial charge is 0.414 e. The Morgan fingerprint density at radius 3 is 2.58 bits per heavy atom. The number of benzene rings is 1. The van der Waals surface area contributed by atoms with Crippen LogP contribution in [0.3, 0.4) is 0 Å². The topological polar surface area (TPSA) is 81.5 Å². The number of carbonyl (C=O) groups is 1. The number of aryl methyl sites for hydroxylation is 1. The summed E-state index contributed by atoms with van der Waals surface area (Å²) in [6.45, 7) is -0.212.